The monoisotopic (exact) mass is 188 g/mol. The van der Waals surface area contributed by atoms with Gasteiger partial charge in [0, 0.05) is 0 Å². The summed E-state index contributed by atoms with van der Waals surface area (Å²) >= 11 is 1.79. The third-order valence-corrected chi connectivity index (χ3v) is 2.87. The van der Waals surface area contributed by atoms with Crippen LogP contribution < -0.4 is 0 Å². The van der Waals surface area contributed by atoms with Gasteiger partial charge in [0.2, 0.25) is 0 Å². The largest absolute Gasteiger partial charge is 0.465 e. The number of carbonyl (C=O) groups is 1. The molecule has 0 amide bonds. The number of esters is 1. The van der Waals surface area contributed by atoms with Gasteiger partial charge >= 0.3 is 5.97 Å². The maximum atomic E-state index is 11.2. The van der Waals surface area contributed by atoms with Crippen LogP contribution in [0.15, 0.2) is 0 Å². The van der Waals surface area contributed by atoms with Crippen LogP contribution >= 0.6 is 11.8 Å². The van der Waals surface area contributed by atoms with Crippen molar-refractivity contribution < 1.29 is 9.53 Å². The maximum absolute atomic E-state index is 11.2. The van der Waals surface area contributed by atoms with E-state index >= 15 is 0 Å². The molecular formula is C9H16O2S. The third kappa shape index (κ3) is 3.05. The summed E-state index contributed by atoms with van der Waals surface area (Å²) in [5, 5.41) is 0. The van der Waals surface area contributed by atoms with Gasteiger partial charge in [-0.25, -0.2) is 0 Å². The Hall–Kier alpha value is -0.180. The first-order chi connectivity index (χ1) is 5.84. The van der Waals surface area contributed by atoms with Gasteiger partial charge in [0.05, 0.1) is 12.5 Å². The Morgan fingerprint density at radius 1 is 1.58 bits per heavy atom. The molecule has 3 heteroatoms. The molecule has 1 aliphatic rings. The summed E-state index contributed by atoms with van der Waals surface area (Å²) in [5.41, 5.74) is 0. The van der Waals surface area contributed by atoms with Crippen molar-refractivity contribution in [1.82, 2.24) is 0 Å². The van der Waals surface area contributed by atoms with Crippen LogP contribution in [-0.4, -0.2) is 24.6 Å². The van der Waals surface area contributed by atoms with E-state index in [4.69, 9.17) is 4.74 Å². The van der Waals surface area contributed by atoms with Gasteiger partial charge in [-0.05, 0) is 31.3 Å². The summed E-state index contributed by atoms with van der Waals surface area (Å²) in [6.07, 6.45) is 6.33. The lowest BCUT2D eigenvalue weighted by Gasteiger charge is -2.22. The molecule has 1 rings (SSSR count). The Bertz CT molecular complexity index is 143. The Balaban J connectivity index is 1.94. The van der Waals surface area contributed by atoms with Crippen LogP contribution in [0.5, 0.6) is 0 Å². The Morgan fingerprint density at radius 3 is 2.83 bits per heavy atom. The average molecular weight is 188 g/mol. The number of thioether (sulfide) groups is 1. The molecule has 2 nitrogen and oxygen atoms in total. The number of hydrogen-bond acceptors (Lipinski definition) is 3. The molecule has 1 fully saturated rings. The Morgan fingerprint density at radius 2 is 2.33 bits per heavy atom. The summed E-state index contributed by atoms with van der Waals surface area (Å²) in [5.74, 6) is 1.35. The fourth-order valence-electron chi connectivity index (χ4n) is 1.14. The second-order valence-corrected chi connectivity index (χ2v) is 4.13. The number of rotatable bonds is 5. The van der Waals surface area contributed by atoms with Crippen molar-refractivity contribution in [1.29, 1.82) is 0 Å². The fourth-order valence-corrected chi connectivity index (χ4v) is 1.54. The van der Waals surface area contributed by atoms with Gasteiger partial charge < -0.3 is 4.74 Å². The lowest BCUT2D eigenvalue weighted by molar-refractivity contribution is -0.151. The van der Waals surface area contributed by atoms with E-state index in [-0.39, 0.29) is 11.9 Å². The number of hydrogen-bond donors (Lipinski definition) is 0. The molecule has 0 saturated heterocycles. The van der Waals surface area contributed by atoms with E-state index in [0.717, 1.165) is 25.0 Å². The van der Waals surface area contributed by atoms with Crippen LogP contribution in [0.1, 0.15) is 25.7 Å². The van der Waals surface area contributed by atoms with E-state index in [1.807, 2.05) is 0 Å². The van der Waals surface area contributed by atoms with Crippen LogP contribution in [0.25, 0.3) is 0 Å². The minimum atomic E-state index is 0.0300. The van der Waals surface area contributed by atoms with Crippen molar-refractivity contribution in [2.75, 3.05) is 18.6 Å². The van der Waals surface area contributed by atoms with Crippen LogP contribution in [0, 0.1) is 5.92 Å². The normalized spacial score (nSPS) is 17.1. The topological polar surface area (TPSA) is 26.3 Å². The summed E-state index contributed by atoms with van der Waals surface area (Å²) in [6.45, 7) is 0.607. The quantitative estimate of drug-likeness (QED) is 0.488. The molecule has 1 saturated carbocycles. The highest BCUT2D eigenvalue weighted by Crippen LogP contribution is 2.27. The molecular weight excluding hydrogens is 172 g/mol. The van der Waals surface area contributed by atoms with Crippen molar-refractivity contribution >= 4 is 17.7 Å². The van der Waals surface area contributed by atoms with Gasteiger partial charge in [0.15, 0.2) is 0 Å². The highest BCUT2D eigenvalue weighted by atomic mass is 32.2. The Labute approximate surface area is 78.1 Å². The molecule has 0 atom stereocenters. The lowest BCUT2D eigenvalue weighted by atomic mass is 9.86. The van der Waals surface area contributed by atoms with Crippen molar-refractivity contribution in [2.24, 2.45) is 5.92 Å². The fraction of sp³-hybridized carbons (Fsp3) is 0.889. The second kappa shape index (κ2) is 5.46. The number of carbonyl (C=O) groups excluding carboxylic acids is 1. The van der Waals surface area contributed by atoms with E-state index in [1.54, 1.807) is 11.8 Å². The average Bonchev–Trinajstić information content (AvgIpc) is 1.95. The van der Waals surface area contributed by atoms with Gasteiger partial charge in [-0.2, -0.15) is 11.8 Å². The van der Waals surface area contributed by atoms with E-state index in [2.05, 4.69) is 6.26 Å². The van der Waals surface area contributed by atoms with Gasteiger partial charge in [0.25, 0.3) is 0 Å². The summed E-state index contributed by atoms with van der Waals surface area (Å²) in [4.78, 5) is 11.2. The van der Waals surface area contributed by atoms with Gasteiger partial charge in [-0.1, -0.05) is 6.42 Å². The van der Waals surface area contributed by atoms with Gasteiger partial charge in [0.1, 0.15) is 0 Å². The standard InChI is InChI=1S/C9H16O2S/c1-12-7-3-6-11-9(10)8-4-2-5-8/h8H,2-7H2,1H3. The Kier molecular flexibility index (Phi) is 4.51. The van der Waals surface area contributed by atoms with Gasteiger partial charge in [-0.15, -0.1) is 0 Å². The molecule has 0 N–H and O–H groups in total. The summed E-state index contributed by atoms with van der Waals surface area (Å²) < 4.78 is 5.10. The molecule has 0 bridgehead atoms. The molecule has 12 heavy (non-hydrogen) atoms. The first-order valence-corrected chi connectivity index (χ1v) is 5.89. The molecule has 0 spiro atoms. The SMILES string of the molecule is CSCCCOC(=O)C1CCC1. The molecule has 0 aromatic carbocycles. The van der Waals surface area contributed by atoms with Crippen LogP contribution in [-0.2, 0) is 9.53 Å². The summed E-state index contributed by atoms with van der Waals surface area (Å²) in [6, 6.07) is 0. The zero-order valence-electron chi connectivity index (χ0n) is 7.54. The first-order valence-electron chi connectivity index (χ1n) is 4.50. The first kappa shape index (κ1) is 9.90. The minimum absolute atomic E-state index is 0.0300. The highest BCUT2D eigenvalue weighted by Gasteiger charge is 2.26. The molecule has 0 radical (unpaired) electrons. The van der Waals surface area contributed by atoms with Crippen molar-refractivity contribution in [3.63, 3.8) is 0 Å². The molecule has 0 aromatic rings. The molecule has 1 aliphatic carbocycles. The molecule has 70 valence electrons. The number of ether oxygens (including phenoxy) is 1. The molecule has 0 heterocycles. The molecule has 0 aromatic heterocycles. The maximum Gasteiger partial charge on any atom is 0.308 e. The van der Waals surface area contributed by atoms with E-state index < -0.39 is 0 Å². The second-order valence-electron chi connectivity index (χ2n) is 3.14. The zero-order valence-corrected chi connectivity index (χ0v) is 8.36. The van der Waals surface area contributed by atoms with Crippen molar-refractivity contribution in [2.45, 2.75) is 25.7 Å². The minimum Gasteiger partial charge on any atom is -0.465 e. The predicted octanol–water partition coefficient (Wildman–Crippen LogP) is 2.08. The van der Waals surface area contributed by atoms with E-state index in [0.29, 0.717) is 6.61 Å². The molecule has 0 aliphatic heterocycles. The lowest BCUT2D eigenvalue weighted by Crippen LogP contribution is -2.24. The van der Waals surface area contributed by atoms with Gasteiger partial charge in [-0.3, -0.25) is 4.79 Å². The zero-order chi connectivity index (χ0) is 8.81. The van der Waals surface area contributed by atoms with Crippen LogP contribution in [0.4, 0.5) is 0 Å². The van der Waals surface area contributed by atoms with Crippen molar-refractivity contribution in [3.05, 3.63) is 0 Å². The van der Waals surface area contributed by atoms with Crippen molar-refractivity contribution in [3.8, 4) is 0 Å². The third-order valence-electron chi connectivity index (χ3n) is 2.18. The van der Waals surface area contributed by atoms with E-state index in [9.17, 15) is 4.79 Å². The van der Waals surface area contributed by atoms with Crippen LogP contribution in [0.3, 0.4) is 0 Å². The molecule has 0 unspecified atom stereocenters. The smallest absolute Gasteiger partial charge is 0.308 e. The van der Waals surface area contributed by atoms with E-state index in [1.165, 1.54) is 6.42 Å². The predicted molar refractivity (Wildman–Crippen MR) is 51.3 cm³/mol. The summed E-state index contributed by atoms with van der Waals surface area (Å²) in [7, 11) is 0. The van der Waals surface area contributed by atoms with Crippen LogP contribution in [0.2, 0.25) is 0 Å². The highest BCUT2D eigenvalue weighted by molar-refractivity contribution is 7.98.